The van der Waals surface area contributed by atoms with Gasteiger partial charge < -0.3 is 19.2 Å². The summed E-state index contributed by atoms with van der Waals surface area (Å²) in [6.45, 7) is 2.05. The first-order chi connectivity index (χ1) is 14.1. The van der Waals surface area contributed by atoms with Crippen LogP contribution in [-0.2, 0) is 0 Å². The van der Waals surface area contributed by atoms with Crippen molar-refractivity contribution in [1.29, 1.82) is 0 Å². The first-order valence-corrected chi connectivity index (χ1v) is 9.21. The number of aryl methyl sites for hydroxylation is 1. The minimum absolute atomic E-state index is 0.405. The molecule has 0 saturated heterocycles. The zero-order valence-electron chi connectivity index (χ0n) is 16.5. The number of benzene rings is 3. The minimum atomic E-state index is -0.405. The molecule has 0 amide bonds. The summed E-state index contributed by atoms with van der Waals surface area (Å²) in [5.74, 6) is 1.16. The van der Waals surface area contributed by atoms with E-state index in [9.17, 15) is 4.79 Å². The monoisotopic (exact) mass is 387 g/mol. The molecule has 1 N–H and O–H groups in total. The van der Waals surface area contributed by atoms with E-state index in [1.807, 2.05) is 61.5 Å². The van der Waals surface area contributed by atoms with Gasteiger partial charge in [-0.3, -0.25) is 0 Å². The van der Waals surface area contributed by atoms with Crippen molar-refractivity contribution in [3.63, 3.8) is 0 Å². The maximum atomic E-state index is 12.6. The van der Waals surface area contributed by atoms with Crippen molar-refractivity contribution in [1.82, 2.24) is 0 Å². The van der Waals surface area contributed by atoms with Gasteiger partial charge in [0.25, 0.3) is 0 Å². The Morgan fingerprint density at radius 2 is 1.52 bits per heavy atom. The van der Waals surface area contributed by atoms with Crippen LogP contribution in [0.2, 0.25) is 0 Å². The van der Waals surface area contributed by atoms with Crippen LogP contribution >= 0.6 is 0 Å². The van der Waals surface area contributed by atoms with E-state index in [-0.39, 0.29) is 0 Å². The van der Waals surface area contributed by atoms with Crippen LogP contribution in [0, 0.1) is 6.92 Å². The maximum Gasteiger partial charge on any atom is 0.344 e. The van der Waals surface area contributed by atoms with Crippen LogP contribution in [0.4, 0.5) is 11.4 Å². The van der Waals surface area contributed by atoms with E-state index in [0.29, 0.717) is 28.2 Å². The van der Waals surface area contributed by atoms with Gasteiger partial charge in [0.05, 0.1) is 19.8 Å². The standard InChI is InChI=1S/C24H21NO4/c1-15-4-8-18(9-5-15)25-19-10-6-17-12-20(24(26)29-22(17)14-19)16-7-11-21(27-2)23(13-16)28-3/h4-14,25H,1-3H3. The molecule has 0 aliphatic carbocycles. The van der Waals surface area contributed by atoms with Crippen LogP contribution in [0.5, 0.6) is 11.5 Å². The predicted molar refractivity (Wildman–Crippen MR) is 115 cm³/mol. The molecule has 0 unspecified atom stereocenters. The maximum absolute atomic E-state index is 12.6. The lowest BCUT2D eigenvalue weighted by molar-refractivity contribution is 0.355. The molecule has 4 aromatic rings. The first kappa shape index (κ1) is 18.6. The molecular weight excluding hydrogens is 366 g/mol. The Balaban J connectivity index is 1.71. The van der Waals surface area contributed by atoms with E-state index in [1.54, 1.807) is 26.4 Å². The smallest absolute Gasteiger partial charge is 0.344 e. The average Bonchev–Trinajstić information content (AvgIpc) is 2.74. The van der Waals surface area contributed by atoms with E-state index in [0.717, 1.165) is 16.8 Å². The van der Waals surface area contributed by atoms with Crippen LogP contribution in [0.15, 0.2) is 75.9 Å². The molecule has 0 aliphatic heterocycles. The van der Waals surface area contributed by atoms with Gasteiger partial charge in [-0.2, -0.15) is 0 Å². The number of methoxy groups -OCH3 is 2. The molecule has 5 nitrogen and oxygen atoms in total. The van der Waals surface area contributed by atoms with Crippen LogP contribution in [-0.4, -0.2) is 14.2 Å². The molecule has 146 valence electrons. The molecule has 0 spiro atoms. The van der Waals surface area contributed by atoms with Crippen molar-refractivity contribution >= 4 is 22.3 Å². The van der Waals surface area contributed by atoms with Gasteiger partial charge in [0.2, 0.25) is 0 Å². The van der Waals surface area contributed by atoms with Gasteiger partial charge in [-0.25, -0.2) is 4.79 Å². The molecule has 0 saturated carbocycles. The second kappa shape index (κ2) is 7.72. The van der Waals surface area contributed by atoms with Crippen molar-refractivity contribution in [2.75, 3.05) is 19.5 Å². The van der Waals surface area contributed by atoms with Crippen molar-refractivity contribution in [2.45, 2.75) is 6.92 Å². The van der Waals surface area contributed by atoms with E-state index in [1.165, 1.54) is 5.56 Å². The number of hydrogen-bond donors (Lipinski definition) is 1. The molecule has 0 bridgehead atoms. The highest BCUT2D eigenvalue weighted by Gasteiger charge is 2.12. The Labute approximate surface area is 168 Å². The summed E-state index contributed by atoms with van der Waals surface area (Å²) in [5.41, 5.74) is 4.32. The number of ether oxygens (including phenoxy) is 2. The van der Waals surface area contributed by atoms with Gasteiger partial charge in [0.15, 0.2) is 11.5 Å². The molecule has 4 rings (SSSR count). The van der Waals surface area contributed by atoms with Crippen molar-refractivity contribution < 1.29 is 13.9 Å². The minimum Gasteiger partial charge on any atom is -0.493 e. The normalized spacial score (nSPS) is 10.7. The summed E-state index contributed by atoms with van der Waals surface area (Å²) >= 11 is 0. The van der Waals surface area contributed by atoms with Crippen LogP contribution < -0.4 is 20.4 Å². The van der Waals surface area contributed by atoms with Gasteiger partial charge in [0, 0.05) is 22.8 Å². The molecule has 1 heterocycles. The lowest BCUT2D eigenvalue weighted by Crippen LogP contribution is -2.03. The fourth-order valence-electron chi connectivity index (χ4n) is 3.20. The lowest BCUT2D eigenvalue weighted by Gasteiger charge is -2.10. The third kappa shape index (κ3) is 3.80. The molecule has 1 aromatic heterocycles. The second-order valence-corrected chi connectivity index (χ2v) is 6.76. The summed E-state index contributed by atoms with van der Waals surface area (Å²) in [4.78, 5) is 12.6. The third-order valence-corrected chi connectivity index (χ3v) is 4.77. The van der Waals surface area contributed by atoms with Crippen molar-refractivity contribution in [3.05, 3.63) is 82.7 Å². The predicted octanol–water partition coefficient (Wildman–Crippen LogP) is 5.53. The SMILES string of the molecule is COc1ccc(-c2cc3ccc(Nc4ccc(C)cc4)cc3oc2=O)cc1OC. The van der Waals surface area contributed by atoms with Gasteiger partial charge in [-0.15, -0.1) is 0 Å². The highest BCUT2D eigenvalue weighted by Crippen LogP contribution is 2.32. The largest absolute Gasteiger partial charge is 0.493 e. The summed E-state index contributed by atoms with van der Waals surface area (Å²) in [5, 5.41) is 4.16. The lowest BCUT2D eigenvalue weighted by atomic mass is 10.0. The van der Waals surface area contributed by atoms with Gasteiger partial charge in [-0.05, 0) is 55.0 Å². The molecular formula is C24H21NO4. The van der Waals surface area contributed by atoms with Crippen molar-refractivity contribution in [3.8, 4) is 22.6 Å². The van der Waals surface area contributed by atoms with E-state index in [2.05, 4.69) is 5.32 Å². The fraction of sp³-hybridized carbons (Fsp3) is 0.125. The Bertz CT molecular complexity index is 1230. The Hall–Kier alpha value is -3.73. The summed E-state index contributed by atoms with van der Waals surface area (Å²) in [6.07, 6.45) is 0. The third-order valence-electron chi connectivity index (χ3n) is 4.77. The number of anilines is 2. The number of fused-ring (bicyclic) bond motifs is 1. The van der Waals surface area contributed by atoms with Crippen LogP contribution in [0.1, 0.15) is 5.56 Å². The second-order valence-electron chi connectivity index (χ2n) is 6.76. The Morgan fingerprint density at radius 3 is 2.24 bits per heavy atom. The quantitative estimate of drug-likeness (QED) is 0.456. The van der Waals surface area contributed by atoms with Crippen LogP contribution in [0.3, 0.4) is 0 Å². The van der Waals surface area contributed by atoms with Gasteiger partial charge >= 0.3 is 5.63 Å². The number of nitrogens with one attached hydrogen (secondary N) is 1. The average molecular weight is 387 g/mol. The summed E-state index contributed by atoms with van der Waals surface area (Å²) in [6, 6.07) is 21.0. The Morgan fingerprint density at radius 1 is 0.793 bits per heavy atom. The van der Waals surface area contributed by atoms with Crippen molar-refractivity contribution in [2.24, 2.45) is 0 Å². The van der Waals surface area contributed by atoms with E-state index in [4.69, 9.17) is 13.9 Å². The molecule has 3 aromatic carbocycles. The first-order valence-electron chi connectivity index (χ1n) is 9.21. The zero-order chi connectivity index (χ0) is 20.4. The van der Waals surface area contributed by atoms with E-state index < -0.39 is 5.63 Å². The number of hydrogen-bond acceptors (Lipinski definition) is 5. The summed E-state index contributed by atoms with van der Waals surface area (Å²) < 4.78 is 16.2. The van der Waals surface area contributed by atoms with Gasteiger partial charge in [-0.1, -0.05) is 23.8 Å². The molecule has 0 radical (unpaired) electrons. The van der Waals surface area contributed by atoms with E-state index >= 15 is 0 Å². The van der Waals surface area contributed by atoms with Gasteiger partial charge in [0.1, 0.15) is 5.58 Å². The molecule has 0 atom stereocenters. The number of rotatable bonds is 5. The molecule has 0 fully saturated rings. The summed E-state index contributed by atoms with van der Waals surface area (Å²) in [7, 11) is 3.14. The molecule has 5 heteroatoms. The molecule has 0 aliphatic rings. The Kier molecular flexibility index (Phi) is 4.96. The van der Waals surface area contributed by atoms with Crippen LogP contribution in [0.25, 0.3) is 22.1 Å². The zero-order valence-corrected chi connectivity index (χ0v) is 16.5. The topological polar surface area (TPSA) is 60.7 Å². The fourth-order valence-corrected chi connectivity index (χ4v) is 3.20. The highest BCUT2D eigenvalue weighted by atomic mass is 16.5. The highest BCUT2D eigenvalue weighted by molar-refractivity contribution is 5.85. The molecule has 29 heavy (non-hydrogen) atoms.